The first-order valence-electron chi connectivity index (χ1n) is 8.88. The Labute approximate surface area is 130 Å². The van der Waals surface area contributed by atoms with Crippen molar-refractivity contribution >= 4 is 5.91 Å². The van der Waals surface area contributed by atoms with Crippen LogP contribution in [0.3, 0.4) is 0 Å². The first-order valence-corrected chi connectivity index (χ1v) is 8.88. The fourth-order valence-corrected chi connectivity index (χ4v) is 4.13. The molecule has 2 aliphatic rings. The van der Waals surface area contributed by atoms with Gasteiger partial charge in [-0.2, -0.15) is 0 Å². The monoisotopic (exact) mass is 294 g/mol. The van der Waals surface area contributed by atoms with E-state index in [1.807, 2.05) is 0 Å². The lowest BCUT2D eigenvalue weighted by Crippen LogP contribution is -2.56. The van der Waals surface area contributed by atoms with E-state index in [1.54, 1.807) is 0 Å². The number of nitrogens with zero attached hydrogens (tertiary/aromatic N) is 1. The zero-order valence-corrected chi connectivity index (χ0v) is 14.5. The third-order valence-electron chi connectivity index (χ3n) is 5.39. The van der Waals surface area contributed by atoms with E-state index in [0.717, 1.165) is 37.9 Å². The molecule has 1 saturated carbocycles. The quantitative estimate of drug-likeness (QED) is 0.842. The Morgan fingerprint density at radius 3 is 2.29 bits per heavy atom. The van der Waals surface area contributed by atoms with Gasteiger partial charge in [0.05, 0.1) is 0 Å². The average Bonchev–Trinajstić information content (AvgIpc) is 2.88. The molecular formula is C18H34N2O. The summed E-state index contributed by atoms with van der Waals surface area (Å²) in [4.78, 5) is 14.7. The molecule has 1 saturated heterocycles. The number of likely N-dealkylation sites (tertiary alicyclic amines) is 1. The van der Waals surface area contributed by atoms with Gasteiger partial charge in [0.1, 0.15) is 0 Å². The summed E-state index contributed by atoms with van der Waals surface area (Å²) < 4.78 is 0. The van der Waals surface area contributed by atoms with E-state index in [0.29, 0.717) is 5.92 Å². The molecule has 1 N–H and O–H groups in total. The molecule has 3 heteroatoms. The molecule has 1 heterocycles. The van der Waals surface area contributed by atoms with E-state index < -0.39 is 0 Å². The highest BCUT2D eigenvalue weighted by molar-refractivity contribution is 5.76. The van der Waals surface area contributed by atoms with Crippen LogP contribution in [0.15, 0.2) is 0 Å². The zero-order valence-electron chi connectivity index (χ0n) is 14.5. The molecule has 2 atom stereocenters. The molecule has 0 aromatic carbocycles. The second kappa shape index (κ2) is 7.13. The largest absolute Gasteiger partial charge is 0.354 e. The molecule has 122 valence electrons. The second-order valence-corrected chi connectivity index (χ2v) is 8.29. The summed E-state index contributed by atoms with van der Waals surface area (Å²) in [5.41, 5.74) is 0.0638. The lowest BCUT2D eigenvalue weighted by atomic mass is 9.88. The van der Waals surface area contributed by atoms with Gasteiger partial charge in [-0.05, 0) is 50.9 Å². The van der Waals surface area contributed by atoms with Crippen molar-refractivity contribution in [3.8, 4) is 0 Å². The van der Waals surface area contributed by atoms with Gasteiger partial charge in [-0.15, -0.1) is 0 Å². The van der Waals surface area contributed by atoms with E-state index >= 15 is 0 Å². The first kappa shape index (κ1) is 16.8. The highest BCUT2D eigenvalue weighted by Crippen LogP contribution is 2.28. The van der Waals surface area contributed by atoms with Gasteiger partial charge in [0.2, 0.25) is 5.91 Å². The molecule has 0 aromatic heterocycles. The predicted molar refractivity (Wildman–Crippen MR) is 88.2 cm³/mol. The molecule has 1 amide bonds. The van der Waals surface area contributed by atoms with Crippen molar-refractivity contribution in [1.29, 1.82) is 0 Å². The van der Waals surface area contributed by atoms with Crippen molar-refractivity contribution in [2.24, 2.45) is 17.8 Å². The minimum atomic E-state index is 0.0638. The van der Waals surface area contributed by atoms with Gasteiger partial charge >= 0.3 is 0 Å². The molecule has 3 nitrogen and oxygen atoms in total. The van der Waals surface area contributed by atoms with Crippen LogP contribution in [-0.4, -0.2) is 36.0 Å². The average molecular weight is 294 g/mol. The smallest absolute Gasteiger partial charge is 0.220 e. The molecule has 21 heavy (non-hydrogen) atoms. The topological polar surface area (TPSA) is 32.3 Å². The van der Waals surface area contributed by atoms with E-state index in [4.69, 9.17) is 0 Å². The summed E-state index contributed by atoms with van der Waals surface area (Å²) in [5, 5.41) is 3.20. The predicted octanol–water partition coefficient (Wildman–Crippen LogP) is 3.44. The molecule has 1 aliphatic carbocycles. The van der Waals surface area contributed by atoms with Crippen LogP contribution in [0, 0.1) is 17.8 Å². The summed E-state index contributed by atoms with van der Waals surface area (Å²) in [7, 11) is 0. The SMILES string of the molecule is CC1CC(C)CN(C(C)(C)CNC(=O)CC2CCCC2)C1. The van der Waals surface area contributed by atoms with Crippen LogP contribution in [0.5, 0.6) is 0 Å². The normalized spacial score (nSPS) is 28.8. The van der Waals surface area contributed by atoms with Gasteiger partial charge in [0.15, 0.2) is 0 Å². The zero-order chi connectivity index (χ0) is 15.5. The third kappa shape index (κ3) is 4.98. The molecule has 0 aromatic rings. The number of carbonyl (C=O) groups excluding carboxylic acids is 1. The number of amides is 1. The van der Waals surface area contributed by atoms with Crippen LogP contribution in [0.4, 0.5) is 0 Å². The van der Waals surface area contributed by atoms with Crippen molar-refractivity contribution in [3.05, 3.63) is 0 Å². The Kier molecular flexibility index (Phi) is 5.70. The van der Waals surface area contributed by atoms with Crippen molar-refractivity contribution in [2.45, 2.75) is 71.8 Å². The highest BCUT2D eigenvalue weighted by Gasteiger charge is 2.33. The maximum Gasteiger partial charge on any atom is 0.220 e. The Hall–Kier alpha value is -0.570. The summed E-state index contributed by atoms with van der Waals surface area (Å²) in [5.74, 6) is 2.43. The first-order chi connectivity index (χ1) is 9.87. The van der Waals surface area contributed by atoms with Crippen molar-refractivity contribution in [3.63, 3.8) is 0 Å². The van der Waals surface area contributed by atoms with E-state index in [2.05, 4.69) is 37.9 Å². The van der Waals surface area contributed by atoms with Crippen LogP contribution in [-0.2, 0) is 4.79 Å². The van der Waals surface area contributed by atoms with Gasteiger partial charge in [-0.1, -0.05) is 26.7 Å². The Morgan fingerprint density at radius 1 is 1.14 bits per heavy atom. The Bertz CT molecular complexity index is 337. The lowest BCUT2D eigenvalue weighted by Gasteiger charge is -2.45. The van der Waals surface area contributed by atoms with Crippen LogP contribution in [0.1, 0.15) is 66.2 Å². The van der Waals surface area contributed by atoms with Crippen molar-refractivity contribution < 1.29 is 4.79 Å². The number of hydrogen-bond acceptors (Lipinski definition) is 2. The molecule has 0 bridgehead atoms. The van der Waals surface area contributed by atoms with Crippen LogP contribution in [0.25, 0.3) is 0 Å². The summed E-state index contributed by atoms with van der Waals surface area (Å²) >= 11 is 0. The standard InChI is InChI=1S/C18H34N2O/c1-14-9-15(2)12-20(11-14)18(3,4)13-19-17(21)10-16-7-5-6-8-16/h14-16H,5-13H2,1-4H3,(H,19,21). The van der Waals surface area contributed by atoms with Crippen LogP contribution in [0.2, 0.25) is 0 Å². The third-order valence-corrected chi connectivity index (χ3v) is 5.39. The molecule has 2 unspecified atom stereocenters. The van der Waals surface area contributed by atoms with Gasteiger partial charge in [0, 0.05) is 31.6 Å². The number of carbonyl (C=O) groups is 1. The van der Waals surface area contributed by atoms with Crippen LogP contribution >= 0.6 is 0 Å². The van der Waals surface area contributed by atoms with Crippen molar-refractivity contribution in [1.82, 2.24) is 10.2 Å². The summed E-state index contributed by atoms with van der Waals surface area (Å²) in [6.45, 7) is 12.3. The fourth-order valence-electron chi connectivity index (χ4n) is 4.13. The molecule has 0 spiro atoms. The number of piperidine rings is 1. The van der Waals surface area contributed by atoms with Gasteiger partial charge < -0.3 is 5.32 Å². The highest BCUT2D eigenvalue weighted by atomic mass is 16.1. The van der Waals surface area contributed by atoms with E-state index in [9.17, 15) is 4.79 Å². The number of hydrogen-bond donors (Lipinski definition) is 1. The summed E-state index contributed by atoms with van der Waals surface area (Å²) in [6, 6.07) is 0. The van der Waals surface area contributed by atoms with Gasteiger partial charge in [-0.25, -0.2) is 0 Å². The molecule has 1 aliphatic heterocycles. The minimum absolute atomic E-state index is 0.0638. The Balaban J connectivity index is 1.78. The van der Waals surface area contributed by atoms with E-state index in [-0.39, 0.29) is 11.4 Å². The summed E-state index contributed by atoms with van der Waals surface area (Å²) in [6.07, 6.45) is 7.19. The fraction of sp³-hybridized carbons (Fsp3) is 0.944. The van der Waals surface area contributed by atoms with E-state index in [1.165, 1.54) is 32.1 Å². The van der Waals surface area contributed by atoms with Crippen molar-refractivity contribution in [2.75, 3.05) is 19.6 Å². The molecule has 0 radical (unpaired) electrons. The maximum atomic E-state index is 12.1. The lowest BCUT2D eigenvalue weighted by molar-refractivity contribution is -0.122. The molecule has 2 fully saturated rings. The van der Waals surface area contributed by atoms with Gasteiger partial charge in [-0.3, -0.25) is 9.69 Å². The number of nitrogens with one attached hydrogen (secondary N) is 1. The number of rotatable bonds is 5. The molecular weight excluding hydrogens is 260 g/mol. The molecule has 2 rings (SSSR count). The minimum Gasteiger partial charge on any atom is -0.354 e. The van der Waals surface area contributed by atoms with Gasteiger partial charge in [0.25, 0.3) is 0 Å². The Morgan fingerprint density at radius 2 is 1.71 bits per heavy atom. The van der Waals surface area contributed by atoms with Crippen LogP contribution < -0.4 is 5.32 Å². The maximum absolute atomic E-state index is 12.1. The second-order valence-electron chi connectivity index (χ2n) is 8.29.